The maximum atomic E-state index is 12.5. The molecular weight excluding hydrogens is 296 g/mol. The maximum absolute atomic E-state index is 12.5. The van der Waals surface area contributed by atoms with Gasteiger partial charge in [-0.1, -0.05) is 61.7 Å². The molecule has 1 aliphatic rings. The number of esters is 1. The molecule has 0 atom stereocenters. The van der Waals surface area contributed by atoms with E-state index in [1.807, 2.05) is 31.2 Å². The Kier molecular flexibility index (Phi) is 4.48. The van der Waals surface area contributed by atoms with Crippen LogP contribution in [0.3, 0.4) is 0 Å². The fourth-order valence-electron chi connectivity index (χ4n) is 3.20. The molecule has 0 bridgehead atoms. The largest absolute Gasteiger partial charge is 0.462 e. The molecule has 0 amide bonds. The van der Waals surface area contributed by atoms with Crippen LogP contribution in [0.15, 0.2) is 49.6 Å². The SMILES string of the molecule is C=Cc1ccc(C(=O)OCC)c(C2=Cc3ccccc3C2)c1C=C. The number of fused-ring (bicyclic) bond motifs is 1. The van der Waals surface area contributed by atoms with Crippen LogP contribution in [0, 0.1) is 0 Å². The third-order valence-electron chi connectivity index (χ3n) is 4.29. The molecular formula is C22H20O2. The van der Waals surface area contributed by atoms with E-state index in [4.69, 9.17) is 4.74 Å². The van der Waals surface area contributed by atoms with E-state index in [9.17, 15) is 4.79 Å². The van der Waals surface area contributed by atoms with E-state index in [0.717, 1.165) is 28.7 Å². The van der Waals surface area contributed by atoms with Crippen LogP contribution < -0.4 is 0 Å². The number of rotatable bonds is 5. The zero-order chi connectivity index (χ0) is 17.1. The van der Waals surface area contributed by atoms with Crippen LogP contribution in [0.1, 0.15) is 45.1 Å². The highest BCUT2D eigenvalue weighted by atomic mass is 16.5. The minimum Gasteiger partial charge on any atom is -0.462 e. The van der Waals surface area contributed by atoms with E-state index in [0.29, 0.717) is 12.2 Å². The first-order valence-corrected chi connectivity index (χ1v) is 8.07. The lowest BCUT2D eigenvalue weighted by molar-refractivity contribution is 0.0526. The van der Waals surface area contributed by atoms with Gasteiger partial charge in [0.15, 0.2) is 0 Å². The number of hydrogen-bond acceptors (Lipinski definition) is 2. The van der Waals surface area contributed by atoms with Gasteiger partial charge in [0.25, 0.3) is 0 Å². The summed E-state index contributed by atoms with van der Waals surface area (Å²) in [4.78, 5) is 12.5. The van der Waals surface area contributed by atoms with Gasteiger partial charge in [-0.2, -0.15) is 0 Å². The molecule has 0 unspecified atom stereocenters. The van der Waals surface area contributed by atoms with Crippen molar-refractivity contribution in [2.45, 2.75) is 13.3 Å². The van der Waals surface area contributed by atoms with Crippen LogP contribution in [0.25, 0.3) is 23.8 Å². The normalized spacial score (nSPS) is 12.3. The average molecular weight is 316 g/mol. The quantitative estimate of drug-likeness (QED) is 0.705. The molecule has 120 valence electrons. The van der Waals surface area contributed by atoms with Gasteiger partial charge in [-0.25, -0.2) is 4.79 Å². The molecule has 2 nitrogen and oxygen atoms in total. The highest BCUT2D eigenvalue weighted by molar-refractivity contribution is 6.02. The lowest BCUT2D eigenvalue weighted by Crippen LogP contribution is -2.10. The Labute approximate surface area is 142 Å². The van der Waals surface area contributed by atoms with Gasteiger partial charge in [0.05, 0.1) is 12.2 Å². The molecule has 2 aromatic carbocycles. The molecule has 2 aromatic rings. The second-order valence-corrected chi connectivity index (χ2v) is 5.66. The molecule has 0 aliphatic heterocycles. The first-order valence-electron chi connectivity index (χ1n) is 8.07. The van der Waals surface area contributed by atoms with Crippen molar-refractivity contribution in [2.24, 2.45) is 0 Å². The molecule has 0 saturated carbocycles. The van der Waals surface area contributed by atoms with Gasteiger partial charge in [0, 0.05) is 5.56 Å². The van der Waals surface area contributed by atoms with E-state index in [1.165, 1.54) is 11.1 Å². The van der Waals surface area contributed by atoms with Gasteiger partial charge in [0.1, 0.15) is 0 Å². The van der Waals surface area contributed by atoms with E-state index in [1.54, 1.807) is 12.2 Å². The number of hydrogen-bond donors (Lipinski definition) is 0. The smallest absolute Gasteiger partial charge is 0.338 e. The van der Waals surface area contributed by atoms with Gasteiger partial charge in [0.2, 0.25) is 0 Å². The molecule has 0 heterocycles. The third kappa shape index (κ3) is 2.71. The summed E-state index contributed by atoms with van der Waals surface area (Å²) in [6.45, 7) is 9.98. The molecule has 0 saturated heterocycles. The second-order valence-electron chi connectivity index (χ2n) is 5.66. The van der Waals surface area contributed by atoms with Crippen molar-refractivity contribution in [3.8, 4) is 0 Å². The van der Waals surface area contributed by atoms with Gasteiger partial charge >= 0.3 is 5.97 Å². The molecule has 3 rings (SSSR count). The molecule has 1 aliphatic carbocycles. The Morgan fingerprint density at radius 2 is 1.96 bits per heavy atom. The van der Waals surface area contributed by atoms with Crippen LogP contribution in [0.4, 0.5) is 0 Å². The Balaban J connectivity index is 2.20. The summed E-state index contributed by atoms with van der Waals surface area (Å²) in [5.74, 6) is -0.303. The Morgan fingerprint density at radius 1 is 1.17 bits per heavy atom. The summed E-state index contributed by atoms with van der Waals surface area (Å²) in [7, 11) is 0. The second kappa shape index (κ2) is 6.71. The van der Waals surface area contributed by atoms with Crippen molar-refractivity contribution < 1.29 is 9.53 Å². The zero-order valence-corrected chi connectivity index (χ0v) is 13.8. The van der Waals surface area contributed by atoms with E-state index in [2.05, 4.69) is 31.4 Å². The molecule has 0 fully saturated rings. The highest BCUT2D eigenvalue weighted by Crippen LogP contribution is 2.37. The van der Waals surface area contributed by atoms with Crippen LogP contribution in [0.2, 0.25) is 0 Å². The van der Waals surface area contributed by atoms with Crippen molar-refractivity contribution in [1.29, 1.82) is 0 Å². The van der Waals surface area contributed by atoms with E-state index >= 15 is 0 Å². The zero-order valence-electron chi connectivity index (χ0n) is 13.8. The van der Waals surface area contributed by atoms with Crippen LogP contribution in [0.5, 0.6) is 0 Å². The number of allylic oxidation sites excluding steroid dienone is 1. The first-order chi connectivity index (χ1) is 11.7. The lowest BCUT2D eigenvalue weighted by Gasteiger charge is -2.16. The van der Waals surface area contributed by atoms with E-state index < -0.39 is 0 Å². The summed E-state index contributed by atoms with van der Waals surface area (Å²) in [6, 6.07) is 12.0. The average Bonchev–Trinajstić information content (AvgIpc) is 3.04. The van der Waals surface area contributed by atoms with Crippen LogP contribution >= 0.6 is 0 Å². The summed E-state index contributed by atoms with van der Waals surface area (Å²) in [6.07, 6.45) is 6.52. The summed E-state index contributed by atoms with van der Waals surface area (Å²) in [5, 5.41) is 0. The predicted octanol–water partition coefficient (Wildman–Crippen LogP) is 5.25. The first kappa shape index (κ1) is 16.0. The summed E-state index contributed by atoms with van der Waals surface area (Å²) >= 11 is 0. The molecule has 0 N–H and O–H groups in total. The van der Waals surface area contributed by atoms with Gasteiger partial charge in [-0.15, -0.1) is 0 Å². The van der Waals surface area contributed by atoms with Crippen molar-refractivity contribution in [1.82, 2.24) is 0 Å². The molecule has 0 aromatic heterocycles. The molecule has 0 spiro atoms. The monoisotopic (exact) mass is 316 g/mol. The number of carbonyl (C=O) groups is 1. The van der Waals surface area contributed by atoms with Crippen molar-refractivity contribution in [3.05, 3.63) is 82.9 Å². The molecule has 0 radical (unpaired) electrons. The maximum Gasteiger partial charge on any atom is 0.338 e. The number of benzene rings is 2. The number of ether oxygens (including phenoxy) is 1. The fourth-order valence-corrected chi connectivity index (χ4v) is 3.20. The Bertz CT molecular complexity index is 856. The minimum atomic E-state index is -0.303. The summed E-state index contributed by atoms with van der Waals surface area (Å²) < 4.78 is 5.25. The fraction of sp³-hybridized carbons (Fsp3) is 0.136. The van der Waals surface area contributed by atoms with Crippen LogP contribution in [-0.4, -0.2) is 12.6 Å². The third-order valence-corrected chi connectivity index (χ3v) is 4.29. The van der Waals surface area contributed by atoms with E-state index in [-0.39, 0.29) is 5.97 Å². The predicted molar refractivity (Wildman–Crippen MR) is 101 cm³/mol. The summed E-state index contributed by atoms with van der Waals surface area (Å²) in [5.41, 5.74) is 6.94. The highest BCUT2D eigenvalue weighted by Gasteiger charge is 2.23. The van der Waals surface area contributed by atoms with Gasteiger partial charge in [-0.05, 0) is 47.2 Å². The molecule has 2 heteroatoms. The van der Waals surface area contributed by atoms with Gasteiger partial charge < -0.3 is 4.74 Å². The Hall–Kier alpha value is -2.87. The minimum absolute atomic E-state index is 0.303. The van der Waals surface area contributed by atoms with Gasteiger partial charge in [-0.3, -0.25) is 0 Å². The Morgan fingerprint density at radius 3 is 2.62 bits per heavy atom. The van der Waals surface area contributed by atoms with Crippen LogP contribution in [-0.2, 0) is 11.2 Å². The van der Waals surface area contributed by atoms with Crippen molar-refractivity contribution in [2.75, 3.05) is 6.61 Å². The standard InChI is InChI=1S/C22H20O2/c1-4-15-11-12-20(22(23)24-6-3)21(19(15)5-2)18-13-16-9-7-8-10-17(16)14-18/h4-5,7-13H,1-2,6,14H2,3H3. The molecule has 24 heavy (non-hydrogen) atoms. The number of carbonyl (C=O) groups excluding carboxylic acids is 1. The van der Waals surface area contributed by atoms with Crippen molar-refractivity contribution >= 4 is 29.8 Å². The topological polar surface area (TPSA) is 26.3 Å². The van der Waals surface area contributed by atoms with Crippen molar-refractivity contribution in [3.63, 3.8) is 0 Å². The lowest BCUT2D eigenvalue weighted by atomic mass is 9.89.